The van der Waals surface area contributed by atoms with Crippen LogP contribution in [0.3, 0.4) is 0 Å². The van der Waals surface area contributed by atoms with E-state index in [0.717, 1.165) is 16.5 Å². The molecule has 0 atom stereocenters. The van der Waals surface area contributed by atoms with Crippen LogP contribution in [0.4, 0.5) is 10.1 Å². The monoisotopic (exact) mass is 283 g/mol. The number of nitrogens with two attached hydrogens (primary N) is 1. The number of rotatable bonds is 4. The second kappa shape index (κ2) is 5.28. The SMILES string of the molecule is NC(=O)c1ccc(F)c(NCc2ccc3cc[nH]c3c2)c1. The van der Waals surface area contributed by atoms with Crippen molar-refractivity contribution in [3.05, 3.63) is 65.6 Å². The number of aromatic amines is 1. The first-order chi connectivity index (χ1) is 10.1. The molecule has 4 N–H and O–H groups in total. The Labute approximate surface area is 120 Å². The van der Waals surface area contributed by atoms with Crippen molar-refractivity contribution in [2.45, 2.75) is 6.54 Å². The highest BCUT2D eigenvalue weighted by Crippen LogP contribution is 2.19. The van der Waals surface area contributed by atoms with Gasteiger partial charge in [0.1, 0.15) is 5.82 Å². The molecule has 0 fully saturated rings. The molecule has 1 amide bonds. The fourth-order valence-corrected chi connectivity index (χ4v) is 2.22. The van der Waals surface area contributed by atoms with Gasteiger partial charge in [0, 0.05) is 23.8 Å². The number of anilines is 1. The summed E-state index contributed by atoms with van der Waals surface area (Å²) in [5.74, 6) is -0.994. The summed E-state index contributed by atoms with van der Waals surface area (Å²) in [7, 11) is 0. The number of halogens is 1. The summed E-state index contributed by atoms with van der Waals surface area (Å²) in [5, 5.41) is 4.11. The molecule has 3 aromatic rings. The minimum Gasteiger partial charge on any atom is -0.379 e. The molecule has 2 aromatic carbocycles. The molecule has 0 unspecified atom stereocenters. The van der Waals surface area contributed by atoms with Gasteiger partial charge < -0.3 is 16.0 Å². The standard InChI is InChI=1S/C16H14FN3O/c17-13-4-3-12(16(18)21)8-15(13)20-9-10-1-2-11-5-6-19-14(11)7-10/h1-8,19-20H,9H2,(H2,18,21). The normalized spacial score (nSPS) is 10.7. The van der Waals surface area contributed by atoms with Crippen molar-refractivity contribution in [3.8, 4) is 0 Å². The lowest BCUT2D eigenvalue weighted by Gasteiger charge is -2.09. The first-order valence-electron chi connectivity index (χ1n) is 6.53. The minimum atomic E-state index is -0.578. The molecule has 0 bridgehead atoms. The van der Waals surface area contributed by atoms with Crippen LogP contribution >= 0.6 is 0 Å². The molecule has 0 aliphatic rings. The number of hydrogen-bond acceptors (Lipinski definition) is 2. The Morgan fingerprint density at radius 1 is 1.19 bits per heavy atom. The molecule has 0 aliphatic heterocycles. The van der Waals surface area contributed by atoms with Crippen LogP contribution in [-0.2, 0) is 6.54 Å². The Bertz CT molecular complexity index is 810. The minimum absolute atomic E-state index is 0.262. The van der Waals surface area contributed by atoms with Crippen molar-refractivity contribution in [3.63, 3.8) is 0 Å². The van der Waals surface area contributed by atoms with Gasteiger partial charge in [-0.05, 0) is 41.3 Å². The van der Waals surface area contributed by atoms with Crippen molar-refractivity contribution in [2.24, 2.45) is 5.73 Å². The zero-order valence-corrected chi connectivity index (χ0v) is 11.2. The number of amides is 1. The highest BCUT2D eigenvalue weighted by molar-refractivity contribution is 5.93. The first-order valence-corrected chi connectivity index (χ1v) is 6.53. The van der Waals surface area contributed by atoms with Gasteiger partial charge in [0.05, 0.1) is 5.69 Å². The number of carbonyl (C=O) groups is 1. The maximum absolute atomic E-state index is 13.7. The molecular weight excluding hydrogens is 269 g/mol. The van der Waals surface area contributed by atoms with Crippen LogP contribution in [-0.4, -0.2) is 10.9 Å². The topological polar surface area (TPSA) is 70.9 Å². The predicted octanol–water partition coefficient (Wildman–Crippen LogP) is 3.02. The number of hydrogen-bond donors (Lipinski definition) is 3. The number of nitrogens with one attached hydrogen (secondary N) is 2. The number of fused-ring (bicyclic) bond motifs is 1. The number of aromatic nitrogens is 1. The zero-order valence-electron chi connectivity index (χ0n) is 11.2. The van der Waals surface area contributed by atoms with Gasteiger partial charge in [-0.2, -0.15) is 0 Å². The molecule has 0 spiro atoms. The highest BCUT2D eigenvalue weighted by atomic mass is 19.1. The van der Waals surface area contributed by atoms with Crippen LogP contribution in [0, 0.1) is 5.82 Å². The summed E-state index contributed by atoms with van der Waals surface area (Å²) >= 11 is 0. The number of carbonyl (C=O) groups excluding carboxylic acids is 1. The van der Waals surface area contributed by atoms with E-state index in [-0.39, 0.29) is 11.3 Å². The van der Waals surface area contributed by atoms with Gasteiger partial charge in [0.25, 0.3) is 0 Å². The van der Waals surface area contributed by atoms with Gasteiger partial charge in [0.2, 0.25) is 5.91 Å². The average Bonchev–Trinajstić information content (AvgIpc) is 2.93. The molecule has 3 rings (SSSR count). The van der Waals surface area contributed by atoms with Crippen LogP contribution < -0.4 is 11.1 Å². The Hall–Kier alpha value is -2.82. The first kappa shape index (κ1) is 13.2. The number of H-pyrrole nitrogens is 1. The van der Waals surface area contributed by atoms with Crippen LogP contribution in [0.5, 0.6) is 0 Å². The number of primary amides is 1. The third-order valence-electron chi connectivity index (χ3n) is 3.35. The molecule has 106 valence electrons. The lowest BCUT2D eigenvalue weighted by molar-refractivity contribution is 0.100. The molecule has 0 saturated carbocycles. The van der Waals surface area contributed by atoms with Gasteiger partial charge in [-0.3, -0.25) is 4.79 Å². The van der Waals surface area contributed by atoms with E-state index in [9.17, 15) is 9.18 Å². The van der Waals surface area contributed by atoms with Crippen molar-refractivity contribution in [2.75, 3.05) is 5.32 Å². The van der Waals surface area contributed by atoms with Crippen molar-refractivity contribution < 1.29 is 9.18 Å². The van der Waals surface area contributed by atoms with Gasteiger partial charge in [0.15, 0.2) is 0 Å². The second-order valence-corrected chi connectivity index (χ2v) is 4.81. The lowest BCUT2D eigenvalue weighted by Crippen LogP contribution is -2.12. The van der Waals surface area contributed by atoms with Crippen molar-refractivity contribution in [1.82, 2.24) is 4.98 Å². The fourth-order valence-electron chi connectivity index (χ4n) is 2.22. The van der Waals surface area contributed by atoms with E-state index in [1.165, 1.54) is 18.2 Å². The van der Waals surface area contributed by atoms with Crippen LogP contribution in [0.15, 0.2) is 48.7 Å². The molecule has 0 radical (unpaired) electrons. The summed E-state index contributed by atoms with van der Waals surface area (Å²) in [5.41, 5.74) is 7.77. The van der Waals surface area contributed by atoms with Gasteiger partial charge in [-0.25, -0.2) is 4.39 Å². The van der Waals surface area contributed by atoms with Crippen molar-refractivity contribution >= 4 is 22.5 Å². The molecule has 0 aliphatic carbocycles. The quantitative estimate of drug-likeness (QED) is 0.688. The third-order valence-corrected chi connectivity index (χ3v) is 3.35. The molecule has 1 heterocycles. The summed E-state index contributed by atoms with van der Waals surface area (Å²) in [6, 6.07) is 12.0. The van der Waals surface area contributed by atoms with Crippen molar-refractivity contribution in [1.29, 1.82) is 0 Å². The van der Waals surface area contributed by atoms with E-state index >= 15 is 0 Å². The van der Waals surface area contributed by atoms with E-state index < -0.39 is 11.7 Å². The smallest absolute Gasteiger partial charge is 0.248 e. The molecular formula is C16H14FN3O. The third kappa shape index (κ3) is 2.72. The Kier molecular flexibility index (Phi) is 3.31. The summed E-state index contributed by atoms with van der Waals surface area (Å²) in [6.45, 7) is 0.452. The predicted molar refractivity (Wildman–Crippen MR) is 80.5 cm³/mol. The van der Waals surface area contributed by atoms with E-state index in [4.69, 9.17) is 5.73 Å². The van der Waals surface area contributed by atoms with E-state index in [1.54, 1.807) is 0 Å². The highest BCUT2D eigenvalue weighted by Gasteiger charge is 2.07. The molecule has 21 heavy (non-hydrogen) atoms. The van der Waals surface area contributed by atoms with E-state index in [2.05, 4.69) is 10.3 Å². The van der Waals surface area contributed by atoms with Crippen LogP contribution in [0.2, 0.25) is 0 Å². The fraction of sp³-hybridized carbons (Fsp3) is 0.0625. The Balaban J connectivity index is 1.80. The molecule has 0 saturated heterocycles. The van der Waals surface area contributed by atoms with E-state index in [1.807, 2.05) is 30.5 Å². The summed E-state index contributed by atoms with van der Waals surface area (Å²) in [6.07, 6.45) is 1.87. The maximum atomic E-state index is 13.7. The van der Waals surface area contributed by atoms with Crippen LogP contribution in [0.25, 0.3) is 10.9 Å². The summed E-state index contributed by atoms with van der Waals surface area (Å²) < 4.78 is 13.7. The Morgan fingerprint density at radius 3 is 2.86 bits per heavy atom. The average molecular weight is 283 g/mol. The van der Waals surface area contributed by atoms with Gasteiger partial charge >= 0.3 is 0 Å². The zero-order chi connectivity index (χ0) is 14.8. The second-order valence-electron chi connectivity index (χ2n) is 4.81. The largest absolute Gasteiger partial charge is 0.379 e. The van der Waals surface area contributed by atoms with E-state index in [0.29, 0.717) is 6.54 Å². The molecule has 1 aromatic heterocycles. The maximum Gasteiger partial charge on any atom is 0.248 e. The Morgan fingerprint density at radius 2 is 2.05 bits per heavy atom. The van der Waals surface area contributed by atoms with Crippen LogP contribution in [0.1, 0.15) is 15.9 Å². The summed E-state index contributed by atoms with van der Waals surface area (Å²) in [4.78, 5) is 14.3. The lowest BCUT2D eigenvalue weighted by atomic mass is 10.1. The van der Waals surface area contributed by atoms with Gasteiger partial charge in [-0.15, -0.1) is 0 Å². The van der Waals surface area contributed by atoms with Gasteiger partial charge in [-0.1, -0.05) is 12.1 Å². The number of benzene rings is 2. The molecule has 5 heteroatoms. The molecule has 4 nitrogen and oxygen atoms in total.